The van der Waals surface area contributed by atoms with Crippen molar-refractivity contribution in [2.24, 2.45) is 5.92 Å². The Labute approximate surface area is 243 Å². The molecule has 4 rings (SSSR count). The van der Waals surface area contributed by atoms with E-state index in [9.17, 15) is 24.3 Å². The summed E-state index contributed by atoms with van der Waals surface area (Å²) in [6, 6.07) is 5.52. The molecule has 13 nitrogen and oxygen atoms in total. The minimum Gasteiger partial charge on any atom is -0.446 e. The van der Waals surface area contributed by atoms with Crippen LogP contribution in [0.15, 0.2) is 53.4 Å². The SMILES string of the molecule is CC(C)C[C@@H]1NC(=O)[C@H]([C@@H](C)O)NC(=O)[C@@H](NC(=O)c2ccccc2-n2cccn2)CCCCNC(=O)c2coc1n2. The zero-order valence-corrected chi connectivity index (χ0v) is 23.9. The van der Waals surface area contributed by atoms with Gasteiger partial charge in [0.15, 0.2) is 5.69 Å². The van der Waals surface area contributed by atoms with E-state index in [0.29, 0.717) is 37.1 Å². The van der Waals surface area contributed by atoms with Gasteiger partial charge in [-0.1, -0.05) is 26.0 Å². The average Bonchev–Trinajstić information content (AvgIpc) is 3.67. The third kappa shape index (κ3) is 7.60. The maximum Gasteiger partial charge on any atom is 0.273 e. The van der Waals surface area contributed by atoms with E-state index in [4.69, 9.17) is 4.42 Å². The lowest BCUT2D eigenvalue weighted by atomic mass is 10.0. The Bertz CT molecular complexity index is 1380. The Hall–Kier alpha value is -4.52. The Morgan fingerprint density at radius 2 is 1.90 bits per heavy atom. The van der Waals surface area contributed by atoms with Crippen molar-refractivity contribution in [3.63, 3.8) is 0 Å². The van der Waals surface area contributed by atoms with E-state index in [1.54, 1.807) is 47.4 Å². The monoisotopic (exact) mass is 579 g/mol. The molecule has 4 atom stereocenters. The molecule has 42 heavy (non-hydrogen) atoms. The lowest BCUT2D eigenvalue weighted by molar-refractivity contribution is -0.133. The molecule has 2 bridgehead atoms. The Morgan fingerprint density at radius 1 is 1.12 bits per heavy atom. The van der Waals surface area contributed by atoms with Crippen LogP contribution < -0.4 is 21.3 Å². The Morgan fingerprint density at radius 3 is 2.62 bits per heavy atom. The second kappa shape index (κ2) is 13.9. The number of fused-ring (bicyclic) bond motifs is 2. The molecule has 0 fully saturated rings. The van der Waals surface area contributed by atoms with E-state index < -0.39 is 47.9 Å². The van der Waals surface area contributed by atoms with Gasteiger partial charge in [-0.15, -0.1) is 0 Å². The van der Waals surface area contributed by atoms with E-state index in [0.717, 1.165) is 0 Å². The summed E-state index contributed by atoms with van der Waals surface area (Å²) in [6.07, 6.45) is 4.91. The van der Waals surface area contributed by atoms with Gasteiger partial charge in [-0.3, -0.25) is 19.2 Å². The maximum atomic E-state index is 13.5. The van der Waals surface area contributed by atoms with Crippen LogP contribution >= 0.6 is 0 Å². The second-order valence-electron chi connectivity index (χ2n) is 10.7. The summed E-state index contributed by atoms with van der Waals surface area (Å²) in [4.78, 5) is 57.2. The maximum absolute atomic E-state index is 13.5. The van der Waals surface area contributed by atoms with Gasteiger partial charge in [0.25, 0.3) is 11.8 Å². The summed E-state index contributed by atoms with van der Waals surface area (Å²) in [6.45, 7) is 5.61. The average molecular weight is 580 g/mol. The number of nitrogens with one attached hydrogen (secondary N) is 4. The van der Waals surface area contributed by atoms with Gasteiger partial charge in [0.1, 0.15) is 24.4 Å². The third-order valence-electron chi connectivity index (χ3n) is 6.87. The zero-order chi connectivity index (χ0) is 30.2. The zero-order valence-electron chi connectivity index (χ0n) is 23.9. The van der Waals surface area contributed by atoms with Gasteiger partial charge < -0.3 is 30.8 Å². The fraction of sp³-hybridized carbons (Fsp3) is 0.448. The number of aliphatic hydroxyl groups is 1. The summed E-state index contributed by atoms with van der Waals surface area (Å²) in [5.41, 5.74) is 0.920. The molecule has 1 aliphatic heterocycles. The Balaban J connectivity index is 1.59. The molecule has 4 amide bonds. The largest absolute Gasteiger partial charge is 0.446 e. The van der Waals surface area contributed by atoms with Crippen molar-refractivity contribution in [3.05, 3.63) is 66.1 Å². The lowest BCUT2D eigenvalue weighted by Gasteiger charge is -2.27. The predicted molar refractivity (Wildman–Crippen MR) is 151 cm³/mol. The molecule has 0 saturated heterocycles. The normalized spacial score (nSPS) is 21.3. The van der Waals surface area contributed by atoms with Gasteiger partial charge in [0, 0.05) is 18.9 Å². The molecule has 0 saturated carbocycles. The van der Waals surface area contributed by atoms with E-state index in [2.05, 4.69) is 31.3 Å². The number of rotatable bonds is 6. The molecule has 1 aromatic carbocycles. The standard InChI is InChI=1S/C29H37N7O6/c1-17(2)15-21-29-34-22(16-42-29)26(39)30-12-7-6-10-20(27(40)35-24(18(3)37)28(41)33-21)32-25(38)19-9-4-5-11-23(19)36-14-8-13-31-36/h4-5,8-9,11,13-14,16-18,20-21,24,37H,6-7,10,12,15H2,1-3H3,(H,30,39)(H,32,38)(H,33,41)(H,35,40)/t18-,20+,21+,24+/m1/s1. The number of oxazole rings is 1. The highest BCUT2D eigenvalue weighted by Crippen LogP contribution is 2.22. The fourth-order valence-corrected chi connectivity index (χ4v) is 4.71. The van der Waals surface area contributed by atoms with Crippen LogP contribution in [0.3, 0.4) is 0 Å². The van der Waals surface area contributed by atoms with E-state index in [1.165, 1.54) is 13.2 Å². The Kier molecular flexibility index (Phi) is 10.1. The molecule has 0 unspecified atom stereocenters. The molecule has 0 radical (unpaired) electrons. The molecule has 1 aliphatic rings. The highest BCUT2D eigenvalue weighted by molar-refractivity contribution is 6.01. The fourth-order valence-electron chi connectivity index (χ4n) is 4.71. The minimum absolute atomic E-state index is 0.0847. The number of carbonyl (C=O) groups excluding carboxylic acids is 4. The number of aromatic nitrogens is 3. The first-order valence-corrected chi connectivity index (χ1v) is 14.1. The van der Waals surface area contributed by atoms with Crippen molar-refractivity contribution in [1.82, 2.24) is 36.0 Å². The number of carbonyl (C=O) groups is 4. The number of amides is 4. The van der Waals surface area contributed by atoms with Crippen LogP contribution in [-0.4, -0.2) is 68.2 Å². The van der Waals surface area contributed by atoms with Gasteiger partial charge in [-0.05, 0) is 56.7 Å². The number of para-hydroxylation sites is 1. The molecule has 3 aromatic rings. The predicted octanol–water partition coefficient (Wildman–Crippen LogP) is 1.64. The highest BCUT2D eigenvalue weighted by Gasteiger charge is 2.33. The van der Waals surface area contributed by atoms with Crippen LogP contribution in [0.2, 0.25) is 0 Å². The van der Waals surface area contributed by atoms with Crippen LogP contribution in [0.25, 0.3) is 5.69 Å². The topological polar surface area (TPSA) is 180 Å². The van der Waals surface area contributed by atoms with E-state index >= 15 is 0 Å². The number of nitrogens with zero attached hydrogens (tertiary/aromatic N) is 3. The molecule has 13 heteroatoms. The van der Waals surface area contributed by atoms with Gasteiger partial charge in [0.2, 0.25) is 17.7 Å². The smallest absolute Gasteiger partial charge is 0.273 e. The summed E-state index contributed by atoms with van der Waals surface area (Å²) in [5, 5.41) is 25.7. The molecule has 224 valence electrons. The van der Waals surface area contributed by atoms with Crippen molar-refractivity contribution >= 4 is 23.6 Å². The van der Waals surface area contributed by atoms with Gasteiger partial charge in [0.05, 0.1) is 17.4 Å². The molecular formula is C29H37N7O6. The van der Waals surface area contributed by atoms with Crippen LogP contribution in [0.1, 0.15) is 79.2 Å². The lowest BCUT2D eigenvalue weighted by Crippen LogP contribution is -2.57. The quantitative estimate of drug-likeness (QED) is 0.292. The van der Waals surface area contributed by atoms with Crippen LogP contribution in [0.5, 0.6) is 0 Å². The van der Waals surface area contributed by atoms with E-state index in [-0.39, 0.29) is 23.9 Å². The second-order valence-corrected chi connectivity index (χ2v) is 10.7. The highest BCUT2D eigenvalue weighted by atomic mass is 16.3. The van der Waals surface area contributed by atoms with Crippen LogP contribution in [-0.2, 0) is 9.59 Å². The molecule has 2 aromatic heterocycles. The minimum atomic E-state index is -1.33. The summed E-state index contributed by atoms with van der Waals surface area (Å²) >= 11 is 0. The third-order valence-corrected chi connectivity index (χ3v) is 6.87. The van der Waals surface area contributed by atoms with E-state index in [1.807, 2.05) is 13.8 Å². The summed E-state index contributed by atoms with van der Waals surface area (Å²) in [7, 11) is 0. The molecular weight excluding hydrogens is 542 g/mol. The number of hydrogen-bond acceptors (Lipinski definition) is 8. The number of hydrogen-bond donors (Lipinski definition) is 5. The van der Waals surface area contributed by atoms with Crippen molar-refractivity contribution in [1.29, 1.82) is 0 Å². The molecule has 5 N–H and O–H groups in total. The summed E-state index contributed by atoms with van der Waals surface area (Å²) < 4.78 is 7.09. The molecule has 0 aliphatic carbocycles. The van der Waals surface area contributed by atoms with Crippen molar-refractivity contribution in [2.75, 3.05) is 6.54 Å². The first kappa shape index (κ1) is 30.4. The number of benzene rings is 1. The first-order chi connectivity index (χ1) is 20.1. The van der Waals surface area contributed by atoms with Crippen molar-refractivity contribution in [2.45, 2.75) is 70.7 Å². The van der Waals surface area contributed by atoms with Gasteiger partial charge in [-0.25, -0.2) is 9.67 Å². The van der Waals surface area contributed by atoms with Crippen LogP contribution in [0, 0.1) is 5.92 Å². The first-order valence-electron chi connectivity index (χ1n) is 14.1. The van der Waals surface area contributed by atoms with Crippen molar-refractivity contribution in [3.8, 4) is 5.69 Å². The molecule has 0 spiro atoms. The van der Waals surface area contributed by atoms with Crippen LogP contribution in [0.4, 0.5) is 0 Å². The van der Waals surface area contributed by atoms with Crippen molar-refractivity contribution < 1.29 is 28.7 Å². The number of aliphatic hydroxyl groups excluding tert-OH is 1. The van der Waals surface area contributed by atoms with Gasteiger partial charge in [-0.2, -0.15) is 5.10 Å². The summed E-state index contributed by atoms with van der Waals surface area (Å²) in [5.74, 6) is -1.95. The molecule has 3 heterocycles. The van der Waals surface area contributed by atoms with Gasteiger partial charge >= 0.3 is 0 Å².